The van der Waals surface area contributed by atoms with Crippen LogP contribution in [0.4, 0.5) is 13.2 Å². The van der Waals surface area contributed by atoms with Crippen molar-refractivity contribution >= 4 is 11.5 Å². The van der Waals surface area contributed by atoms with Gasteiger partial charge in [0.1, 0.15) is 18.1 Å². The summed E-state index contributed by atoms with van der Waals surface area (Å²) in [5.74, 6) is 0.172. The van der Waals surface area contributed by atoms with Crippen LogP contribution in [0.1, 0.15) is 31.4 Å². The maximum absolute atomic E-state index is 12.3. The van der Waals surface area contributed by atoms with Crippen LogP contribution in [0, 0.1) is 0 Å². The smallest absolute Gasteiger partial charge is 0.492 e. The molecule has 1 heterocycles. The molecule has 9 heteroatoms. The van der Waals surface area contributed by atoms with Gasteiger partial charge in [-0.05, 0) is 61.2 Å². The summed E-state index contributed by atoms with van der Waals surface area (Å²) in [4.78, 5) is 14.3. The van der Waals surface area contributed by atoms with Crippen LogP contribution < -0.4 is 9.47 Å². The normalized spacial score (nSPS) is 15.2. The number of ether oxygens (including phenoxy) is 4. The minimum Gasteiger partial charge on any atom is -0.492 e. The third-order valence-electron chi connectivity index (χ3n) is 5.69. The van der Waals surface area contributed by atoms with E-state index in [0.29, 0.717) is 26.2 Å². The molecule has 0 radical (unpaired) electrons. The molecule has 0 amide bonds. The maximum atomic E-state index is 12.3. The van der Waals surface area contributed by atoms with Gasteiger partial charge in [-0.1, -0.05) is 30.3 Å². The number of halogens is 3. The van der Waals surface area contributed by atoms with Crippen molar-refractivity contribution in [3.63, 3.8) is 0 Å². The van der Waals surface area contributed by atoms with E-state index in [4.69, 9.17) is 14.2 Å². The van der Waals surface area contributed by atoms with Crippen molar-refractivity contribution in [1.82, 2.24) is 4.90 Å². The van der Waals surface area contributed by atoms with Crippen molar-refractivity contribution in [1.29, 1.82) is 0 Å². The van der Waals surface area contributed by atoms with E-state index in [-0.39, 0.29) is 11.7 Å². The van der Waals surface area contributed by atoms with Gasteiger partial charge < -0.3 is 18.9 Å². The number of alkyl halides is 3. The first kappa shape index (κ1) is 27.5. The van der Waals surface area contributed by atoms with E-state index in [9.17, 15) is 18.0 Å². The first-order valence-corrected chi connectivity index (χ1v) is 12.0. The molecule has 6 nitrogen and oxygen atoms in total. The van der Waals surface area contributed by atoms with Gasteiger partial charge in [-0.15, -0.1) is 13.2 Å². The van der Waals surface area contributed by atoms with Crippen molar-refractivity contribution < 1.29 is 36.9 Å². The van der Waals surface area contributed by atoms with Crippen LogP contribution in [0.5, 0.6) is 11.5 Å². The third kappa shape index (κ3) is 8.87. The fraction of sp³-hybridized carbons (Fsp3) is 0.444. The number of carbonyl (C=O) groups is 1. The van der Waals surface area contributed by atoms with Gasteiger partial charge in [-0.2, -0.15) is 0 Å². The third-order valence-corrected chi connectivity index (χ3v) is 5.69. The van der Waals surface area contributed by atoms with Crippen molar-refractivity contribution in [2.45, 2.75) is 39.2 Å². The fourth-order valence-corrected chi connectivity index (χ4v) is 3.92. The molecule has 3 rings (SSSR count). The minimum atomic E-state index is -4.69. The average Bonchev–Trinajstić information content (AvgIpc) is 2.85. The summed E-state index contributed by atoms with van der Waals surface area (Å²) in [5, 5.41) is 0. The first-order chi connectivity index (χ1) is 17.3. The van der Waals surface area contributed by atoms with Crippen molar-refractivity contribution in [2.75, 3.05) is 39.5 Å². The highest BCUT2D eigenvalue weighted by atomic mass is 19.4. The number of esters is 1. The number of carbonyl (C=O) groups excluding carboxylic acids is 1. The Hall–Kier alpha value is -3.04. The summed E-state index contributed by atoms with van der Waals surface area (Å²) in [6, 6.07) is 13.6. The van der Waals surface area contributed by atoms with Gasteiger partial charge in [-0.3, -0.25) is 4.90 Å². The number of benzene rings is 2. The predicted molar refractivity (Wildman–Crippen MR) is 130 cm³/mol. The molecule has 0 aliphatic carbocycles. The molecule has 2 aromatic rings. The lowest BCUT2D eigenvalue weighted by molar-refractivity contribution is -0.274. The number of nitrogens with zero attached hydrogens (tertiary/aromatic N) is 1. The Morgan fingerprint density at radius 1 is 1.00 bits per heavy atom. The molecule has 0 bridgehead atoms. The Labute approximate surface area is 209 Å². The van der Waals surface area contributed by atoms with Crippen LogP contribution in [-0.4, -0.2) is 62.8 Å². The van der Waals surface area contributed by atoms with E-state index in [0.717, 1.165) is 48.5 Å². The second-order valence-corrected chi connectivity index (χ2v) is 8.24. The van der Waals surface area contributed by atoms with E-state index in [2.05, 4.69) is 15.7 Å². The topological polar surface area (TPSA) is 57.2 Å². The van der Waals surface area contributed by atoms with Crippen molar-refractivity contribution in [3.05, 3.63) is 65.7 Å². The van der Waals surface area contributed by atoms with Gasteiger partial charge in [0.15, 0.2) is 6.10 Å². The molecule has 0 aromatic heterocycles. The maximum Gasteiger partial charge on any atom is 0.573 e. The summed E-state index contributed by atoms with van der Waals surface area (Å²) in [7, 11) is 0. The summed E-state index contributed by atoms with van der Waals surface area (Å²) >= 11 is 0. The van der Waals surface area contributed by atoms with E-state index in [1.165, 1.54) is 12.1 Å². The van der Waals surface area contributed by atoms with Crippen LogP contribution >= 0.6 is 0 Å². The van der Waals surface area contributed by atoms with E-state index < -0.39 is 12.5 Å². The number of hydrogen-bond donors (Lipinski definition) is 0. The second kappa shape index (κ2) is 13.3. The van der Waals surface area contributed by atoms with Gasteiger partial charge in [0, 0.05) is 32.7 Å². The number of hydrogen-bond acceptors (Lipinski definition) is 6. The van der Waals surface area contributed by atoms with Gasteiger partial charge >= 0.3 is 12.3 Å². The summed E-state index contributed by atoms with van der Waals surface area (Å²) in [6.45, 7) is 7.21. The number of rotatable bonds is 12. The van der Waals surface area contributed by atoms with Gasteiger partial charge in [0.05, 0.1) is 6.61 Å². The highest BCUT2D eigenvalue weighted by molar-refractivity contribution is 5.75. The molecule has 36 heavy (non-hydrogen) atoms. The zero-order valence-corrected chi connectivity index (χ0v) is 20.6. The van der Waals surface area contributed by atoms with Gasteiger partial charge in [0.25, 0.3) is 0 Å². The Morgan fingerprint density at radius 3 is 2.28 bits per heavy atom. The monoisotopic (exact) mass is 507 g/mol. The Balaban J connectivity index is 1.42. The summed E-state index contributed by atoms with van der Waals surface area (Å²) < 4.78 is 57.4. The minimum absolute atomic E-state index is 0.220. The predicted octanol–water partition coefficient (Wildman–Crippen LogP) is 5.26. The van der Waals surface area contributed by atoms with Crippen molar-refractivity contribution in [3.8, 4) is 11.5 Å². The van der Waals surface area contributed by atoms with Gasteiger partial charge in [-0.25, -0.2) is 4.79 Å². The lowest BCUT2D eigenvalue weighted by Crippen LogP contribution is -2.32. The largest absolute Gasteiger partial charge is 0.573 e. The fourth-order valence-electron chi connectivity index (χ4n) is 3.92. The van der Waals surface area contributed by atoms with Crippen LogP contribution in [-0.2, 0) is 20.7 Å². The van der Waals surface area contributed by atoms with Crippen LogP contribution in [0.15, 0.2) is 54.6 Å². The Kier molecular flexibility index (Phi) is 10.2. The second-order valence-electron chi connectivity index (χ2n) is 8.24. The SMILES string of the molecule is CCOC(=O)C(Cc1ccc(OCCN2CC=C(c3ccc(OC(F)(F)F)cc3)CC2)cc1)OCC. The van der Waals surface area contributed by atoms with E-state index >= 15 is 0 Å². The van der Waals surface area contributed by atoms with Crippen LogP contribution in [0.3, 0.4) is 0 Å². The highest BCUT2D eigenvalue weighted by Gasteiger charge is 2.31. The van der Waals surface area contributed by atoms with Crippen LogP contribution in [0.25, 0.3) is 5.57 Å². The first-order valence-electron chi connectivity index (χ1n) is 12.0. The summed E-state index contributed by atoms with van der Waals surface area (Å²) in [5.41, 5.74) is 2.96. The molecule has 1 aliphatic rings. The Bertz CT molecular complexity index is 990. The summed E-state index contributed by atoms with van der Waals surface area (Å²) in [6.07, 6.45) is -1.98. The molecular weight excluding hydrogens is 475 g/mol. The standard InChI is InChI=1S/C27H32F3NO5/c1-3-33-25(26(32)34-4-2)19-20-5-9-23(10-6-20)35-18-17-31-15-13-22(14-16-31)21-7-11-24(12-8-21)36-27(28,29)30/h5-13,25H,3-4,14-19H2,1-2H3. The molecule has 196 valence electrons. The molecule has 0 saturated carbocycles. The Morgan fingerprint density at radius 2 is 1.69 bits per heavy atom. The van der Waals surface area contributed by atoms with Crippen molar-refractivity contribution in [2.24, 2.45) is 0 Å². The molecule has 2 aromatic carbocycles. The highest BCUT2D eigenvalue weighted by Crippen LogP contribution is 2.27. The molecule has 1 aliphatic heterocycles. The average molecular weight is 508 g/mol. The molecule has 0 N–H and O–H groups in total. The van der Waals surface area contributed by atoms with E-state index in [1.807, 2.05) is 31.2 Å². The molecule has 0 fully saturated rings. The molecular formula is C27H32F3NO5. The zero-order chi connectivity index (χ0) is 26.0. The lowest BCUT2D eigenvalue weighted by Gasteiger charge is -2.26. The van der Waals surface area contributed by atoms with Gasteiger partial charge in [0.2, 0.25) is 0 Å². The zero-order valence-electron chi connectivity index (χ0n) is 20.6. The lowest BCUT2D eigenvalue weighted by atomic mass is 9.99. The quantitative estimate of drug-likeness (QED) is 0.365. The molecule has 0 spiro atoms. The molecule has 1 unspecified atom stereocenters. The molecule has 0 saturated heterocycles. The van der Waals surface area contributed by atoms with Crippen LogP contribution in [0.2, 0.25) is 0 Å². The van der Waals surface area contributed by atoms with E-state index in [1.54, 1.807) is 19.1 Å². The molecule has 1 atom stereocenters.